The van der Waals surface area contributed by atoms with E-state index in [4.69, 9.17) is 18.9 Å². The van der Waals surface area contributed by atoms with Crippen molar-refractivity contribution in [1.29, 1.82) is 0 Å². The highest BCUT2D eigenvalue weighted by Crippen LogP contribution is 2.46. The largest absolute Gasteiger partial charge is 0.497 e. The van der Waals surface area contributed by atoms with Gasteiger partial charge in [-0.05, 0) is 37.0 Å². The minimum absolute atomic E-state index is 0.00217. The maximum absolute atomic E-state index is 13.8. The van der Waals surface area contributed by atoms with E-state index in [1.54, 1.807) is 45.5 Å². The van der Waals surface area contributed by atoms with Crippen molar-refractivity contribution >= 4 is 17.5 Å². The first kappa shape index (κ1) is 26.6. The van der Waals surface area contributed by atoms with Crippen molar-refractivity contribution < 1.29 is 28.5 Å². The van der Waals surface area contributed by atoms with Crippen LogP contribution in [-0.2, 0) is 9.59 Å². The molecule has 2 aliphatic rings. The zero-order chi connectivity index (χ0) is 26.4. The van der Waals surface area contributed by atoms with E-state index in [1.807, 2.05) is 24.3 Å². The predicted octanol–water partition coefficient (Wildman–Crippen LogP) is 5.04. The van der Waals surface area contributed by atoms with E-state index < -0.39 is 12.0 Å². The zero-order valence-electron chi connectivity index (χ0n) is 22.2. The van der Waals surface area contributed by atoms with Crippen LogP contribution in [0.15, 0.2) is 36.4 Å². The SMILES string of the molecule is COc1ccc([C@@H]2[C@@H](C(=O)NC3CCCCCC3)CCC(=O)N2c2cc(OC)c(OC)c(OC)c2)cc1. The van der Waals surface area contributed by atoms with Gasteiger partial charge < -0.3 is 29.2 Å². The zero-order valence-corrected chi connectivity index (χ0v) is 22.2. The first-order valence-electron chi connectivity index (χ1n) is 13.1. The van der Waals surface area contributed by atoms with Gasteiger partial charge in [0.1, 0.15) is 5.75 Å². The molecule has 0 radical (unpaired) electrons. The highest BCUT2D eigenvalue weighted by Gasteiger charge is 2.42. The molecule has 0 unspecified atom stereocenters. The average molecular weight is 511 g/mol. The van der Waals surface area contributed by atoms with E-state index in [2.05, 4.69) is 5.32 Å². The molecule has 200 valence electrons. The van der Waals surface area contributed by atoms with Gasteiger partial charge >= 0.3 is 0 Å². The summed E-state index contributed by atoms with van der Waals surface area (Å²) in [4.78, 5) is 29.0. The molecule has 0 spiro atoms. The number of benzene rings is 2. The molecule has 1 saturated heterocycles. The van der Waals surface area contributed by atoms with Crippen LogP contribution >= 0.6 is 0 Å². The first-order valence-corrected chi connectivity index (χ1v) is 13.1. The van der Waals surface area contributed by atoms with E-state index in [-0.39, 0.29) is 24.3 Å². The Labute approximate surface area is 219 Å². The number of ether oxygens (including phenoxy) is 4. The number of nitrogens with one attached hydrogen (secondary N) is 1. The second kappa shape index (κ2) is 12.2. The lowest BCUT2D eigenvalue weighted by atomic mass is 9.82. The Balaban J connectivity index is 1.76. The summed E-state index contributed by atoms with van der Waals surface area (Å²) in [6.45, 7) is 0. The molecule has 37 heavy (non-hydrogen) atoms. The molecule has 2 aromatic rings. The number of hydrogen-bond donors (Lipinski definition) is 1. The minimum Gasteiger partial charge on any atom is -0.497 e. The van der Waals surface area contributed by atoms with Gasteiger partial charge in [0.15, 0.2) is 11.5 Å². The van der Waals surface area contributed by atoms with Gasteiger partial charge in [-0.15, -0.1) is 0 Å². The highest BCUT2D eigenvalue weighted by molar-refractivity contribution is 5.98. The van der Waals surface area contributed by atoms with E-state index in [9.17, 15) is 9.59 Å². The standard InChI is InChI=1S/C29H38N2O6/c1-34-22-13-11-19(12-14-22)27-23(29(33)30-20-9-7-5-6-8-10-20)15-16-26(32)31(27)21-17-24(35-2)28(37-4)25(18-21)36-3/h11-14,17-18,20,23,27H,5-10,15-16H2,1-4H3,(H,30,33)/t23-,27+/m0/s1. The van der Waals surface area contributed by atoms with Gasteiger partial charge in [0, 0.05) is 24.6 Å². The molecule has 8 heteroatoms. The number of nitrogens with zero attached hydrogens (tertiary/aromatic N) is 1. The molecule has 1 saturated carbocycles. The van der Waals surface area contributed by atoms with Crippen LogP contribution in [0.4, 0.5) is 5.69 Å². The van der Waals surface area contributed by atoms with Crippen molar-refractivity contribution in [2.24, 2.45) is 5.92 Å². The second-order valence-corrected chi connectivity index (χ2v) is 9.71. The van der Waals surface area contributed by atoms with Gasteiger partial charge in [-0.3, -0.25) is 9.59 Å². The van der Waals surface area contributed by atoms with E-state index in [1.165, 1.54) is 12.8 Å². The topological polar surface area (TPSA) is 86.3 Å². The van der Waals surface area contributed by atoms with Crippen LogP contribution in [0.5, 0.6) is 23.0 Å². The summed E-state index contributed by atoms with van der Waals surface area (Å²) in [5.74, 6) is 1.58. The lowest BCUT2D eigenvalue weighted by molar-refractivity contribution is -0.130. The van der Waals surface area contributed by atoms with E-state index in [0.717, 1.165) is 31.2 Å². The van der Waals surface area contributed by atoms with Gasteiger partial charge in [-0.1, -0.05) is 37.8 Å². The Morgan fingerprint density at radius 1 is 0.838 bits per heavy atom. The van der Waals surface area contributed by atoms with Crippen molar-refractivity contribution in [3.05, 3.63) is 42.0 Å². The van der Waals surface area contributed by atoms with Gasteiger partial charge in [-0.25, -0.2) is 0 Å². The van der Waals surface area contributed by atoms with E-state index in [0.29, 0.717) is 35.1 Å². The molecule has 1 aliphatic carbocycles. The maximum Gasteiger partial charge on any atom is 0.227 e. The fraction of sp³-hybridized carbons (Fsp3) is 0.517. The number of rotatable bonds is 8. The lowest BCUT2D eigenvalue weighted by Crippen LogP contribution is -2.50. The van der Waals surface area contributed by atoms with Crippen LogP contribution in [0, 0.1) is 5.92 Å². The summed E-state index contributed by atoms with van der Waals surface area (Å²) in [5, 5.41) is 3.33. The van der Waals surface area contributed by atoms with E-state index >= 15 is 0 Å². The smallest absolute Gasteiger partial charge is 0.227 e. The monoisotopic (exact) mass is 510 g/mol. The van der Waals surface area contributed by atoms with Crippen LogP contribution in [0.2, 0.25) is 0 Å². The fourth-order valence-corrected chi connectivity index (χ4v) is 5.59. The number of carbonyl (C=O) groups excluding carboxylic acids is 2. The Hall–Kier alpha value is -3.42. The third-order valence-corrected chi connectivity index (χ3v) is 7.52. The summed E-state index contributed by atoms with van der Waals surface area (Å²) in [7, 11) is 6.25. The Kier molecular flexibility index (Phi) is 8.79. The van der Waals surface area contributed by atoms with Crippen molar-refractivity contribution in [3.63, 3.8) is 0 Å². The summed E-state index contributed by atoms with van der Waals surface area (Å²) < 4.78 is 22.0. The molecule has 1 heterocycles. The Morgan fingerprint density at radius 3 is 2.00 bits per heavy atom. The molecule has 8 nitrogen and oxygen atoms in total. The number of carbonyl (C=O) groups is 2. The predicted molar refractivity (Wildman–Crippen MR) is 142 cm³/mol. The number of methoxy groups -OCH3 is 4. The van der Waals surface area contributed by atoms with Gasteiger partial charge in [0.25, 0.3) is 0 Å². The third kappa shape index (κ3) is 5.78. The summed E-state index contributed by atoms with van der Waals surface area (Å²) in [6.07, 6.45) is 7.45. The van der Waals surface area contributed by atoms with Crippen LogP contribution in [0.1, 0.15) is 63.0 Å². The van der Waals surface area contributed by atoms with Crippen molar-refractivity contribution in [1.82, 2.24) is 5.32 Å². The molecule has 1 aliphatic heterocycles. The molecule has 0 aromatic heterocycles. The normalized spacial score (nSPS) is 20.6. The quantitative estimate of drug-likeness (QED) is 0.501. The number of piperidine rings is 1. The lowest BCUT2D eigenvalue weighted by Gasteiger charge is -2.41. The summed E-state index contributed by atoms with van der Waals surface area (Å²) in [6, 6.07) is 10.8. The summed E-state index contributed by atoms with van der Waals surface area (Å²) in [5.41, 5.74) is 1.45. The Morgan fingerprint density at radius 2 is 1.46 bits per heavy atom. The number of hydrogen-bond acceptors (Lipinski definition) is 6. The summed E-state index contributed by atoms with van der Waals surface area (Å²) >= 11 is 0. The van der Waals surface area contributed by atoms with Crippen LogP contribution in [0.3, 0.4) is 0 Å². The maximum atomic E-state index is 13.8. The molecule has 0 bridgehead atoms. The molecule has 2 aromatic carbocycles. The fourth-order valence-electron chi connectivity index (χ4n) is 5.59. The van der Waals surface area contributed by atoms with Crippen LogP contribution in [0.25, 0.3) is 0 Å². The van der Waals surface area contributed by atoms with Crippen molar-refractivity contribution in [3.8, 4) is 23.0 Å². The van der Waals surface area contributed by atoms with Crippen LogP contribution in [-0.4, -0.2) is 46.3 Å². The number of amides is 2. The van der Waals surface area contributed by atoms with Gasteiger partial charge in [-0.2, -0.15) is 0 Å². The molecular formula is C29H38N2O6. The molecule has 2 fully saturated rings. The molecular weight excluding hydrogens is 472 g/mol. The Bertz CT molecular complexity index is 1050. The second-order valence-electron chi connectivity index (χ2n) is 9.71. The van der Waals surface area contributed by atoms with Crippen LogP contribution < -0.4 is 29.2 Å². The first-order chi connectivity index (χ1) is 18.0. The molecule has 4 rings (SSSR count). The number of anilines is 1. The van der Waals surface area contributed by atoms with Gasteiger partial charge in [0.05, 0.1) is 46.1 Å². The average Bonchev–Trinajstić information content (AvgIpc) is 3.20. The van der Waals surface area contributed by atoms with Crippen molar-refractivity contribution in [2.75, 3.05) is 33.3 Å². The molecule has 1 N–H and O–H groups in total. The minimum atomic E-state index is -0.499. The van der Waals surface area contributed by atoms with Gasteiger partial charge in [0.2, 0.25) is 17.6 Å². The van der Waals surface area contributed by atoms with Crippen molar-refractivity contribution in [2.45, 2.75) is 63.5 Å². The molecule has 2 amide bonds. The third-order valence-electron chi connectivity index (χ3n) is 7.52. The highest BCUT2D eigenvalue weighted by atomic mass is 16.5. The molecule has 2 atom stereocenters.